The van der Waals surface area contributed by atoms with Gasteiger partial charge in [-0.15, -0.1) is 0 Å². The Morgan fingerprint density at radius 3 is 2.81 bits per heavy atom. The number of carbonyl (C=O) groups is 1. The predicted octanol–water partition coefficient (Wildman–Crippen LogP) is 3.15. The molecule has 1 aliphatic heterocycles. The third-order valence-corrected chi connectivity index (χ3v) is 4.10. The Morgan fingerprint density at radius 1 is 1.52 bits per heavy atom. The molecule has 1 saturated heterocycles. The van der Waals surface area contributed by atoms with Gasteiger partial charge in [-0.05, 0) is 12.8 Å². The van der Waals surface area contributed by atoms with Crippen molar-refractivity contribution in [2.45, 2.75) is 18.9 Å². The average molecular weight is 333 g/mol. The van der Waals surface area contributed by atoms with Gasteiger partial charge in [-0.2, -0.15) is 0 Å². The minimum Gasteiger partial charge on any atom is -0.376 e. The van der Waals surface area contributed by atoms with Gasteiger partial charge in [0, 0.05) is 32.3 Å². The van der Waals surface area contributed by atoms with Crippen molar-refractivity contribution in [2.24, 2.45) is 0 Å². The highest BCUT2D eigenvalue weighted by atomic mass is 35.5. The molecule has 114 valence electrons. The number of non-ortho nitro benzene ring substituents is 1. The zero-order chi connectivity index (χ0) is 15.6. The molecule has 0 aromatic heterocycles. The van der Waals surface area contributed by atoms with Crippen LogP contribution in [0.1, 0.15) is 23.2 Å². The number of benzene rings is 1. The van der Waals surface area contributed by atoms with E-state index in [2.05, 4.69) is 0 Å². The van der Waals surface area contributed by atoms with Crippen molar-refractivity contribution in [3.63, 3.8) is 0 Å². The molecule has 0 N–H and O–H groups in total. The summed E-state index contributed by atoms with van der Waals surface area (Å²) in [5.41, 5.74) is -0.241. The molecule has 1 aromatic rings. The van der Waals surface area contributed by atoms with Crippen molar-refractivity contribution in [2.75, 3.05) is 20.2 Å². The molecule has 1 amide bonds. The van der Waals surface area contributed by atoms with Crippen LogP contribution in [-0.2, 0) is 4.74 Å². The smallest absolute Gasteiger partial charge is 0.271 e. The van der Waals surface area contributed by atoms with Crippen LogP contribution in [0.4, 0.5) is 5.69 Å². The van der Waals surface area contributed by atoms with E-state index in [1.165, 1.54) is 4.90 Å². The number of likely N-dealkylation sites (N-methyl/N-ethyl adjacent to an activating group) is 1. The van der Waals surface area contributed by atoms with E-state index in [0.717, 1.165) is 25.0 Å². The standard InChI is InChI=1S/C13H14Cl2N2O4/c1-16(7-9-3-2-4-21-9)13(18)10-5-8(17(19)20)6-11(14)12(10)15/h5-6,9H,2-4,7H2,1H3. The quantitative estimate of drug-likeness (QED) is 0.627. The first-order valence-electron chi connectivity index (χ1n) is 6.40. The minimum absolute atomic E-state index is 0.00750. The van der Waals surface area contributed by atoms with Crippen LogP contribution in [0, 0.1) is 10.1 Å². The lowest BCUT2D eigenvalue weighted by molar-refractivity contribution is -0.384. The number of hydrogen-bond donors (Lipinski definition) is 0. The Balaban J connectivity index is 2.22. The van der Waals surface area contributed by atoms with Gasteiger partial charge in [-0.25, -0.2) is 0 Å². The lowest BCUT2D eigenvalue weighted by atomic mass is 10.1. The third kappa shape index (κ3) is 3.64. The lowest BCUT2D eigenvalue weighted by Crippen LogP contribution is -2.34. The van der Waals surface area contributed by atoms with E-state index in [-0.39, 0.29) is 27.4 Å². The number of nitro groups is 1. The number of rotatable bonds is 4. The molecule has 0 radical (unpaired) electrons. The number of nitro benzene ring substituents is 1. The molecule has 1 unspecified atom stereocenters. The molecule has 0 bridgehead atoms. The second-order valence-electron chi connectivity index (χ2n) is 4.87. The van der Waals surface area contributed by atoms with Crippen LogP contribution in [0.5, 0.6) is 0 Å². The predicted molar refractivity (Wildman–Crippen MR) is 79.1 cm³/mol. The number of nitrogens with zero attached hydrogens (tertiary/aromatic N) is 2. The zero-order valence-electron chi connectivity index (χ0n) is 11.3. The molecule has 2 rings (SSSR count). The van der Waals surface area contributed by atoms with Gasteiger partial charge < -0.3 is 9.64 Å². The number of hydrogen-bond acceptors (Lipinski definition) is 4. The first kappa shape index (κ1) is 16.0. The molecule has 1 fully saturated rings. The van der Waals surface area contributed by atoms with Crippen LogP contribution in [-0.4, -0.2) is 42.0 Å². The summed E-state index contributed by atoms with van der Waals surface area (Å²) in [6.07, 6.45) is 1.85. The molecule has 0 saturated carbocycles. The summed E-state index contributed by atoms with van der Waals surface area (Å²) < 4.78 is 5.46. The molecule has 6 nitrogen and oxygen atoms in total. The molecule has 0 spiro atoms. The Labute approximate surface area is 131 Å². The van der Waals surface area contributed by atoms with Gasteiger partial charge in [0.15, 0.2) is 0 Å². The Kier molecular flexibility index (Phi) is 5.03. The highest BCUT2D eigenvalue weighted by Gasteiger charge is 2.25. The van der Waals surface area contributed by atoms with E-state index in [1.54, 1.807) is 7.05 Å². The number of amides is 1. The van der Waals surface area contributed by atoms with E-state index in [9.17, 15) is 14.9 Å². The first-order valence-corrected chi connectivity index (χ1v) is 7.16. The van der Waals surface area contributed by atoms with Crippen LogP contribution in [0.25, 0.3) is 0 Å². The van der Waals surface area contributed by atoms with Crippen LogP contribution < -0.4 is 0 Å². The van der Waals surface area contributed by atoms with Gasteiger partial charge >= 0.3 is 0 Å². The summed E-state index contributed by atoms with van der Waals surface area (Å²) in [6.45, 7) is 1.10. The van der Waals surface area contributed by atoms with Crippen molar-refractivity contribution in [3.05, 3.63) is 37.9 Å². The summed E-state index contributed by atoms with van der Waals surface area (Å²) in [5, 5.41) is 10.9. The number of carbonyl (C=O) groups excluding carboxylic acids is 1. The summed E-state index contributed by atoms with van der Waals surface area (Å²) in [4.78, 5) is 24.1. The van der Waals surface area contributed by atoms with Gasteiger partial charge in [0.2, 0.25) is 0 Å². The van der Waals surface area contributed by atoms with Crippen LogP contribution in [0.3, 0.4) is 0 Å². The molecule has 1 atom stereocenters. The van der Waals surface area contributed by atoms with Crippen molar-refractivity contribution in [3.8, 4) is 0 Å². The Morgan fingerprint density at radius 2 is 2.24 bits per heavy atom. The SMILES string of the molecule is CN(CC1CCCO1)C(=O)c1cc([N+](=O)[O-])cc(Cl)c1Cl. The highest BCUT2D eigenvalue weighted by molar-refractivity contribution is 6.44. The first-order chi connectivity index (χ1) is 9.90. The van der Waals surface area contributed by atoms with Crippen molar-refractivity contribution < 1.29 is 14.5 Å². The molecule has 1 heterocycles. The molecule has 1 aliphatic rings. The van der Waals surface area contributed by atoms with Crippen LogP contribution in [0.15, 0.2) is 12.1 Å². The van der Waals surface area contributed by atoms with E-state index in [4.69, 9.17) is 27.9 Å². The van der Waals surface area contributed by atoms with E-state index >= 15 is 0 Å². The van der Waals surface area contributed by atoms with Gasteiger partial charge in [-0.1, -0.05) is 23.2 Å². The summed E-state index contributed by atoms with van der Waals surface area (Å²) in [6, 6.07) is 2.27. The maximum absolute atomic E-state index is 12.4. The molecule has 8 heteroatoms. The van der Waals surface area contributed by atoms with E-state index in [1.807, 2.05) is 0 Å². The van der Waals surface area contributed by atoms with E-state index < -0.39 is 10.8 Å². The van der Waals surface area contributed by atoms with Crippen LogP contribution >= 0.6 is 23.2 Å². The van der Waals surface area contributed by atoms with E-state index in [0.29, 0.717) is 13.2 Å². The fraction of sp³-hybridized carbons (Fsp3) is 0.462. The Bertz CT molecular complexity index is 574. The second kappa shape index (κ2) is 6.60. The molecule has 0 aliphatic carbocycles. The zero-order valence-corrected chi connectivity index (χ0v) is 12.9. The Hall–Kier alpha value is -1.37. The lowest BCUT2D eigenvalue weighted by Gasteiger charge is -2.21. The topological polar surface area (TPSA) is 72.7 Å². The third-order valence-electron chi connectivity index (χ3n) is 3.30. The molecular formula is C13H14Cl2N2O4. The van der Waals surface area contributed by atoms with Crippen molar-refractivity contribution in [1.82, 2.24) is 4.90 Å². The normalized spacial score (nSPS) is 17.8. The van der Waals surface area contributed by atoms with Crippen molar-refractivity contribution >= 4 is 34.8 Å². The fourth-order valence-corrected chi connectivity index (χ4v) is 2.62. The van der Waals surface area contributed by atoms with Gasteiger partial charge in [0.05, 0.1) is 26.6 Å². The molecular weight excluding hydrogens is 319 g/mol. The molecule has 21 heavy (non-hydrogen) atoms. The monoisotopic (exact) mass is 332 g/mol. The molecule has 1 aromatic carbocycles. The average Bonchev–Trinajstić information content (AvgIpc) is 2.93. The fourth-order valence-electron chi connectivity index (χ4n) is 2.22. The van der Waals surface area contributed by atoms with Gasteiger partial charge in [0.1, 0.15) is 0 Å². The highest BCUT2D eigenvalue weighted by Crippen LogP contribution is 2.31. The minimum atomic E-state index is -0.612. The second-order valence-corrected chi connectivity index (χ2v) is 5.65. The number of ether oxygens (including phenoxy) is 1. The maximum atomic E-state index is 12.4. The van der Waals surface area contributed by atoms with Gasteiger partial charge in [0.25, 0.3) is 11.6 Å². The summed E-state index contributed by atoms with van der Waals surface area (Å²) in [7, 11) is 1.60. The maximum Gasteiger partial charge on any atom is 0.271 e. The van der Waals surface area contributed by atoms with Crippen LogP contribution in [0.2, 0.25) is 10.0 Å². The number of halogens is 2. The largest absolute Gasteiger partial charge is 0.376 e. The van der Waals surface area contributed by atoms with Crippen molar-refractivity contribution in [1.29, 1.82) is 0 Å². The summed E-state index contributed by atoms with van der Waals surface area (Å²) in [5.74, 6) is -0.416. The van der Waals surface area contributed by atoms with Gasteiger partial charge in [-0.3, -0.25) is 14.9 Å². The summed E-state index contributed by atoms with van der Waals surface area (Å²) >= 11 is 11.8.